The first-order valence-electron chi connectivity index (χ1n) is 5.12. The van der Waals surface area contributed by atoms with Crippen molar-refractivity contribution in [2.24, 2.45) is 21.7 Å². The molecular weight excluding hydrogens is 200 g/mol. The first-order chi connectivity index (χ1) is 7.39. The number of hydrogen-bond donors (Lipinski definition) is 2. The van der Waals surface area contributed by atoms with Crippen LogP contribution in [-0.4, -0.2) is 12.2 Å². The largest absolute Gasteiger partial charge is 0.369 e. The first-order valence-corrected chi connectivity index (χ1v) is 5.12. The molecule has 0 aliphatic rings. The fourth-order valence-electron chi connectivity index (χ4n) is 1.23. The Hall–Kier alpha value is -1.84. The van der Waals surface area contributed by atoms with Gasteiger partial charge >= 0.3 is 0 Å². The highest BCUT2D eigenvalue weighted by molar-refractivity contribution is 5.81. The lowest BCUT2D eigenvalue weighted by atomic mass is 9.87. The molecule has 0 aromatic heterocycles. The number of hydrogen-bond acceptors (Lipinski definition) is 2. The van der Waals surface area contributed by atoms with Gasteiger partial charge in [0.25, 0.3) is 0 Å². The summed E-state index contributed by atoms with van der Waals surface area (Å²) in [6.45, 7) is 6.53. The minimum atomic E-state index is -0.0393. The molecular formula is C12H18N4. The Kier molecular flexibility index (Phi) is 3.66. The van der Waals surface area contributed by atoms with Crippen molar-refractivity contribution in [3.8, 4) is 0 Å². The van der Waals surface area contributed by atoms with Gasteiger partial charge in [-0.25, -0.2) is 0 Å². The van der Waals surface area contributed by atoms with E-state index < -0.39 is 0 Å². The quantitative estimate of drug-likeness (QED) is 0.449. The summed E-state index contributed by atoms with van der Waals surface area (Å²) in [6, 6.07) is 8.15. The van der Waals surface area contributed by atoms with E-state index in [1.165, 1.54) is 5.56 Å². The summed E-state index contributed by atoms with van der Waals surface area (Å²) in [6.07, 6.45) is 1.62. The zero-order chi connectivity index (χ0) is 12.2. The molecule has 0 fully saturated rings. The molecule has 0 amide bonds. The molecule has 16 heavy (non-hydrogen) atoms. The third-order valence-electron chi connectivity index (χ3n) is 2.16. The highest BCUT2D eigenvalue weighted by Gasteiger charge is 2.12. The van der Waals surface area contributed by atoms with Crippen molar-refractivity contribution >= 4 is 12.2 Å². The minimum absolute atomic E-state index is 0.0393. The summed E-state index contributed by atoms with van der Waals surface area (Å²) in [5.74, 6) is -0.0393. The van der Waals surface area contributed by atoms with Crippen LogP contribution in [0.25, 0.3) is 0 Å². The average molecular weight is 218 g/mol. The summed E-state index contributed by atoms with van der Waals surface area (Å²) in [7, 11) is 0. The van der Waals surface area contributed by atoms with Crippen LogP contribution in [0.15, 0.2) is 34.5 Å². The van der Waals surface area contributed by atoms with Gasteiger partial charge in [-0.15, -0.1) is 5.10 Å². The molecule has 0 bridgehead atoms. The predicted molar refractivity (Wildman–Crippen MR) is 68.5 cm³/mol. The zero-order valence-electron chi connectivity index (χ0n) is 9.94. The molecule has 0 aliphatic carbocycles. The topological polar surface area (TPSA) is 76.8 Å². The minimum Gasteiger partial charge on any atom is -0.369 e. The Morgan fingerprint density at radius 2 is 1.69 bits per heavy atom. The molecule has 0 atom stereocenters. The van der Waals surface area contributed by atoms with Gasteiger partial charge in [0.05, 0.1) is 6.21 Å². The normalized spacial score (nSPS) is 11.7. The standard InChI is InChI=1S/C12H18N4/c1-12(2,3)10-6-4-9(5-7-10)8-15-16-11(13)14/h4-8H,1-3H3,(H4,13,14,16)/b15-8-. The summed E-state index contributed by atoms with van der Waals surface area (Å²) < 4.78 is 0. The summed E-state index contributed by atoms with van der Waals surface area (Å²) in [5.41, 5.74) is 12.7. The third kappa shape index (κ3) is 3.73. The number of rotatable bonds is 2. The Morgan fingerprint density at radius 1 is 1.12 bits per heavy atom. The second kappa shape index (κ2) is 4.79. The van der Waals surface area contributed by atoms with Gasteiger partial charge in [0.15, 0.2) is 0 Å². The lowest BCUT2D eigenvalue weighted by Gasteiger charge is -2.18. The lowest BCUT2D eigenvalue weighted by Crippen LogP contribution is -2.21. The summed E-state index contributed by atoms with van der Waals surface area (Å²) >= 11 is 0. The monoisotopic (exact) mass is 218 g/mol. The van der Waals surface area contributed by atoms with E-state index in [1.807, 2.05) is 12.1 Å². The number of guanidine groups is 1. The molecule has 0 saturated carbocycles. The molecule has 0 heterocycles. The Morgan fingerprint density at radius 3 is 2.12 bits per heavy atom. The van der Waals surface area contributed by atoms with E-state index in [0.717, 1.165) is 5.56 Å². The van der Waals surface area contributed by atoms with Crippen molar-refractivity contribution in [2.75, 3.05) is 0 Å². The number of nitrogens with two attached hydrogens (primary N) is 2. The van der Waals surface area contributed by atoms with E-state index in [2.05, 4.69) is 43.1 Å². The van der Waals surface area contributed by atoms with Crippen LogP contribution in [0.3, 0.4) is 0 Å². The van der Waals surface area contributed by atoms with Crippen molar-refractivity contribution in [2.45, 2.75) is 26.2 Å². The van der Waals surface area contributed by atoms with Crippen LogP contribution in [0.1, 0.15) is 31.9 Å². The second-order valence-electron chi connectivity index (χ2n) is 4.64. The van der Waals surface area contributed by atoms with Gasteiger partial charge in [-0.1, -0.05) is 45.0 Å². The van der Waals surface area contributed by atoms with Crippen LogP contribution in [0, 0.1) is 0 Å². The summed E-state index contributed by atoms with van der Waals surface area (Å²) in [4.78, 5) is 0. The second-order valence-corrected chi connectivity index (χ2v) is 4.64. The molecule has 1 rings (SSSR count). The molecule has 0 aliphatic heterocycles. The zero-order valence-corrected chi connectivity index (χ0v) is 9.94. The van der Waals surface area contributed by atoms with Crippen LogP contribution in [0.2, 0.25) is 0 Å². The van der Waals surface area contributed by atoms with Gasteiger partial charge in [-0.05, 0) is 16.5 Å². The van der Waals surface area contributed by atoms with Gasteiger partial charge < -0.3 is 11.5 Å². The van der Waals surface area contributed by atoms with Gasteiger partial charge in [-0.3, -0.25) is 0 Å². The van der Waals surface area contributed by atoms with Crippen LogP contribution < -0.4 is 11.5 Å². The third-order valence-corrected chi connectivity index (χ3v) is 2.16. The Bertz CT molecular complexity index is 392. The van der Waals surface area contributed by atoms with Crippen molar-refractivity contribution in [1.29, 1.82) is 0 Å². The van der Waals surface area contributed by atoms with Gasteiger partial charge in [0, 0.05) is 0 Å². The molecule has 1 aromatic carbocycles. The molecule has 4 heteroatoms. The highest BCUT2D eigenvalue weighted by Crippen LogP contribution is 2.21. The van der Waals surface area contributed by atoms with E-state index in [1.54, 1.807) is 6.21 Å². The Balaban J connectivity index is 2.80. The van der Waals surface area contributed by atoms with Crippen LogP contribution in [-0.2, 0) is 5.41 Å². The van der Waals surface area contributed by atoms with E-state index >= 15 is 0 Å². The van der Waals surface area contributed by atoms with Crippen molar-refractivity contribution in [3.63, 3.8) is 0 Å². The lowest BCUT2D eigenvalue weighted by molar-refractivity contribution is 0.590. The van der Waals surface area contributed by atoms with Crippen LogP contribution >= 0.6 is 0 Å². The van der Waals surface area contributed by atoms with Crippen molar-refractivity contribution in [1.82, 2.24) is 0 Å². The Labute approximate surface area is 96.1 Å². The predicted octanol–water partition coefficient (Wildman–Crippen LogP) is 1.59. The smallest absolute Gasteiger partial charge is 0.211 e. The fraction of sp³-hybridized carbons (Fsp3) is 0.333. The molecule has 86 valence electrons. The molecule has 4 nitrogen and oxygen atoms in total. The molecule has 1 aromatic rings. The maximum atomic E-state index is 5.15. The van der Waals surface area contributed by atoms with E-state index in [0.29, 0.717) is 0 Å². The maximum Gasteiger partial charge on any atom is 0.211 e. The molecule has 4 N–H and O–H groups in total. The van der Waals surface area contributed by atoms with E-state index in [-0.39, 0.29) is 11.4 Å². The average Bonchev–Trinajstić information content (AvgIpc) is 2.16. The first kappa shape index (κ1) is 12.2. The van der Waals surface area contributed by atoms with Gasteiger partial charge in [-0.2, -0.15) is 5.10 Å². The molecule has 0 unspecified atom stereocenters. The van der Waals surface area contributed by atoms with Crippen molar-refractivity contribution < 1.29 is 0 Å². The van der Waals surface area contributed by atoms with E-state index in [4.69, 9.17) is 11.5 Å². The number of benzene rings is 1. The van der Waals surface area contributed by atoms with Gasteiger partial charge in [0.1, 0.15) is 0 Å². The number of nitrogens with zero attached hydrogens (tertiary/aromatic N) is 2. The fourth-order valence-corrected chi connectivity index (χ4v) is 1.23. The molecule has 0 spiro atoms. The SMILES string of the molecule is CC(C)(C)c1ccc(/C=N\N=C(N)N)cc1. The summed E-state index contributed by atoms with van der Waals surface area (Å²) in [5, 5.41) is 7.28. The highest BCUT2D eigenvalue weighted by atomic mass is 15.3. The van der Waals surface area contributed by atoms with Crippen LogP contribution in [0.5, 0.6) is 0 Å². The van der Waals surface area contributed by atoms with Crippen molar-refractivity contribution in [3.05, 3.63) is 35.4 Å². The van der Waals surface area contributed by atoms with Gasteiger partial charge in [0.2, 0.25) is 5.96 Å². The molecule has 0 radical (unpaired) electrons. The van der Waals surface area contributed by atoms with E-state index in [9.17, 15) is 0 Å². The molecule has 0 saturated heterocycles. The van der Waals surface area contributed by atoms with Crippen LogP contribution in [0.4, 0.5) is 0 Å². The maximum absolute atomic E-state index is 5.15.